The first kappa shape index (κ1) is 33.2. The molecule has 3 aromatic rings. The molecule has 0 heterocycles. The summed E-state index contributed by atoms with van der Waals surface area (Å²) in [6.45, 7) is 6.49. The number of ether oxygens (including phenoxy) is 4. The van der Waals surface area contributed by atoms with E-state index in [-0.39, 0.29) is 11.9 Å². The van der Waals surface area contributed by atoms with E-state index >= 15 is 0 Å². The summed E-state index contributed by atoms with van der Waals surface area (Å²) >= 11 is 0. The van der Waals surface area contributed by atoms with E-state index in [0.717, 1.165) is 72.1 Å². The van der Waals surface area contributed by atoms with Gasteiger partial charge in [0.2, 0.25) is 0 Å². The first-order valence-electron chi connectivity index (χ1n) is 15.9. The van der Waals surface area contributed by atoms with E-state index in [9.17, 15) is 9.59 Å². The maximum Gasteiger partial charge on any atom is 0.347 e. The fraction of sp³-hybridized carbons (Fsp3) is 0.556. The van der Waals surface area contributed by atoms with Crippen LogP contribution in [0.15, 0.2) is 42.5 Å². The third kappa shape index (κ3) is 8.86. The van der Waals surface area contributed by atoms with Gasteiger partial charge in [-0.3, -0.25) is 0 Å². The Bertz CT molecular complexity index is 1280. The molecule has 3 aromatic carbocycles. The summed E-state index contributed by atoms with van der Waals surface area (Å²) in [7, 11) is 2.82. The Kier molecular flexibility index (Phi) is 13.9. The minimum atomic E-state index is -0.716. The van der Waals surface area contributed by atoms with Crippen LogP contribution in [0.4, 0.5) is 0 Å². The highest BCUT2D eigenvalue weighted by atomic mass is 16.6. The molecule has 0 aliphatic heterocycles. The summed E-state index contributed by atoms with van der Waals surface area (Å²) < 4.78 is 23.5. The Morgan fingerprint density at radius 3 is 1.50 bits per heavy atom. The van der Waals surface area contributed by atoms with Crippen molar-refractivity contribution in [3.63, 3.8) is 0 Å². The van der Waals surface area contributed by atoms with Gasteiger partial charge in [0.05, 0.1) is 14.2 Å². The molecular weight excluding hydrogens is 528 g/mol. The fourth-order valence-corrected chi connectivity index (χ4v) is 5.48. The molecule has 0 saturated carbocycles. The molecular formula is C36H50O6. The van der Waals surface area contributed by atoms with E-state index in [0.29, 0.717) is 24.3 Å². The molecule has 0 aliphatic carbocycles. The summed E-state index contributed by atoms with van der Waals surface area (Å²) in [5.41, 5.74) is 1.14. The topological polar surface area (TPSA) is 71.1 Å². The lowest BCUT2D eigenvalue weighted by Gasteiger charge is -2.24. The second-order valence-electron chi connectivity index (χ2n) is 11.1. The van der Waals surface area contributed by atoms with Gasteiger partial charge in [0.1, 0.15) is 11.5 Å². The second kappa shape index (κ2) is 17.6. The monoisotopic (exact) mass is 578 g/mol. The molecule has 0 spiro atoms. The predicted molar refractivity (Wildman–Crippen MR) is 170 cm³/mol. The summed E-state index contributed by atoms with van der Waals surface area (Å²) in [4.78, 5) is 25.8. The standard InChI is InChI=1S/C36H50O6/c1-6-9-11-13-15-21-31(35(37)39-4)41-33-27-19-17-18-20-28(27)34(30-25-26(8-3)23-24-29(30)33)42-32(36(38)40-5)22-16-14-12-10-7-2/h17-20,23-25,31-32H,6-16,21-22H2,1-5H3. The van der Waals surface area contributed by atoms with Crippen molar-refractivity contribution in [2.45, 2.75) is 116 Å². The van der Waals surface area contributed by atoms with Gasteiger partial charge in [-0.2, -0.15) is 0 Å². The van der Waals surface area contributed by atoms with Crippen LogP contribution in [0, 0.1) is 0 Å². The van der Waals surface area contributed by atoms with Crippen LogP contribution < -0.4 is 9.47 Å². The number of aryl methyl sites for hydroxylation is 1. The Hall–Kier alpha value is -3.28. The molecule has 0 saturated heterocycles. The van der Waals surface area contributed by atoms with Gasteiger partial charge in [-0.1, -0.05) is 109 Å². The molecule has 230 valence electrons. The SMILES string of the molecule is CCCCCCCC(Oc1c2ccccc2c(OC(CCCCCCC)C(=O)OC)c2cc(CC)ccc12)C(=O)OC. The molecule has 42 heavy (non-hydrogen) atoms. The molecule has 0 bridgehead atoms. The number of hydrogen-bond acceptors (Lipinski definition) is 6. The highest BCUT2D eigenvalue weighted by Gasteiger charge is 2.27. The molecule has 0 fully saturated rings. The third-order valence-corrected chi connectivity index (χ3v) is 7.99. The molecule has 0 aromatic heterocycles. The number of unbranched alkanes of at least 4 members (excludes halogenated alkanes) is 8. The molecule has 6 heteroatoms. The van der Waals surface area contributed by atoms with Gasteiger partial charge in [0.15, 0.2) is 12.2 Å². The zero-order valence-corrected chi connectivity index (χ0v) is 26.3. The first-order valence-corrected chi connectivity index (χ1v) is 15.9. The van der Waals surface area contributed by atoms with Crippen molar-refractivity contribution >= 4 is 33.5 Å². The lowest BCUT2D eigenvalue weighted by molar-refractivity contribution is -0.149. The smallest absolute Gasteiger partial charge is 0.347 e. The number of fused-ring (bicyclic) bond motifs is 2. The molecule has 0 radical (unpaired) electrons. The van der Waals surface area contributed by atoms with Crippen molar-refractivity contribution in [1.29, 1.82) is 0 Å². The van der Waals surface area contributed by atoms with Crippen molar-refractivity contribution in [1.82, 2.24) is 0 Å². The maximum absolute atomic E-state index is 12.9. The quantitative estimate of drug-likeness (QED) is 0.0802. The second-order valence-corrected chi connectivity index (χ2v) is 11.1. The van der Waals surface area contributed by atoms with Gasteiger partial charge < -0.3 is 18.9 Å². The van der Waals surface area contributed by atoms with Gasteiger partial charge >= 0.3 is 11.9 Å². The van der Waals surface area contributed by atoms with Gasteiger partial charge in [-0.25, -0.2) is 9.59 Å². The molecule has 3 rings (SSSR count). The highest BCUT2D eigenvalue weighted by Crippen LogP contribution is 2.44. The van der Waals surface area contributed by atoms with Gasteiger partial charge in [0.25, 0.3) is 0 Å². The van der Waals surface area contributed by atoms with Crippen molar-refractivity contribution in [2.24, 2.45) is 0 Å². The normalized spacial score (nSPS) is 12.7. The van der Waals surface area contributed by atoms with E-state index in [4.69, 9.17) is 18.9 Å². The van der Waals surface area contributed by atoms with Crippen molar-refractivity contribution < 1.29 is 28.5 Å². The van der Waals surface area contributed by atoms with E-state index < -0.39 is 12.2 Å². The summed E-state index contributed by atoms with van der Waals surface area (Å²) in [6, 6.07) is 14.1. The van der Waals surface area contributed by atoms with Crippen LogP contribution in [0.2, 0.25) is 0 Å². The zero-order valence-electron chi connectivity index (χ0n) is 26.3. The Balaban J connectivity index is 2.07. The minimum absolute atomic E-state index is 0.372. The number of benzene rings is 3. The number of carbonyl (C=O) groups excluding carboxylic acids is 2. The molecule has 2 atom stereocenters. The summed E-state index contributed by atoms with van der Waals surface area (Å²) in [5, 5.41) is 3.36. The van der Waals surface area contributed by atoms with Crippen LogP contribution in [-0.4, -0.2) is 38.4 Å². The average molecular weight is 579 g/mol. The van der Waals surface area contributed by atoms with Crippen molar-refractivity contribution in [3.8, 4) is 11.5 Å². The number of carbonyl (C=O) groups is 2. The van der Waals surface area contributed by atoms with Gasteiger partial charge in [-0.05, 0) is 43.7 Å². The Morgan fingerprint density at radius 1 is 0.595 bits per heavy atom. The molecule has 0 amide bonds. The summed E-state index contributed by atoms with van der Waals surface area (Å²) in [6.07, 6.45) is 11.4. The molecule has 0 aliphatic rings. The third-order valence-electron chi connectivity index (χ3n) is 7.99. The summed E-state index contributed by atoms with van der Waals surface area (Å²) in [5.74, 6) is 0.528. The number of hydrogen-bond donors (Lipinski definition) is 0. The van der Waals surface area contributed by atoms with E-state index in [1.807, 2.05) is 30.3 Å². The lowest BCUT2D eigenvalue weighted by Crippen LogP contribution is -2.29. The highest BCUT2D eigenvalue weighted by molar-refractivity contribution is 6.11. The van der Waals surface area contributed by atoms with Gasteiger partial charge in [0, 0.05) is 21.5 Å². The maximum atomic E-state index is 12.9. The van der Waals surface area contributed by atoms with E-state index in [1.54, 1.807) is 0 Å². The van der Waals surface area contributed by atoms with E-state index in [1.165, 1.54) is 39.9 Å². The van der Waals surface area contributed by atoms with Crippen LogP contribution in [0.25, 0.3) is 21.5 Å². The van der Waals surface area contributed by atoms with E-state index in [2.05, 4.69) is 32.9 Å². The van der Waals surface area contributed by atoms with Gasteiger partial charge in [-0.15, -0.1) is 0 Å². The lowest BCUT2D eigenvalue weighted by atomic mass is 9.97. The fourth-order valence-electron chi connectivity index (χ4n) is 5.48. The van der Waals surface area contributed by atoms with Crippen LogP contribution in [0.5, 0.6) is 11.5 Å². The number of rotatable bonds is 19. The van der Waals surface area contributed by atoms with Crippen molar-refractivity contribution in [3.05, 3.63) is 48.0 Å². The average Bonchev–Trinajstić information content (AvgIpc) is 3.03. The zero-order chi connectivity index (χ0) is 30.3. The van der Waals surface area contributed by atoms with Crippen LogP contribution in [0.3, 0.4) is 0 Å². The predicted octanol–water partition coefficient (Wildman–Crippen LogP) is 9.12. The number of methoxy groups -OCH3 is 2. The van der Waals surface area contributed by atoms with Crippen LogP contribution in [0.1, 0.15) is 103 Å². The van der Waals surface area contributed by atoms with Crippen LogP contribution >= 0.6 is 0 Å². The minimum Gasteiger partial charge on any atom is -0.477 e. The van der Waals surface area contributed by atoms with Crippen molar-refractivity contribution in [2.75, 3.05) is 14.2 Å². The largest absolute Gasteiger partial charge is 0.477 e. The first-order chi connectivity index (χ1) is 20.5. The van der Waals surface area contributed by atoms with Crippen LogP contribution in [-0.2, 0) is 25.5 Å². The Labute approximate surface area is 252 Å². The molecule has 0 N–H and O–H groups in total. The number of esters is 2. The molecule has 6 nitrogen and oxygen atoms in total. The molecule has 2 unspecified atom stereocenters. The Morgan fingerprint density at radius 2 is 1.05 bits per heavy atom.